The van der Waals surface area contributed by atoms with Crippen molar-refractivity contribution in [1.29, 1.82) is 0 Å². The number of aromatic nitrogens is 1. The highest BCUT2D eigenvalue weighted by molar-refractivity contribution is 6.05. The summed E-state index contributed by atoms with van der Waals surface area (Å²) in [6.45, 7) is 5.07. The molecular weight excluding hydrogens is 585 g/mol. The Morgan fingerprint density at radius 2 is 1.52 bits per heavy atom. The van der Waals surface area contributed by atoms with Gasteiger partial charge in [-0.3, -0.25) is 9.59 Å². The molecule has 8 nitrogen and oxygen atoms in total. The van der Waals surface area contributed by atoms with E-state index in [9.17, 15) is 24.2 Å². The number of benzene rings is 3. The van der Waals surface area contributed by atoms with Gasteiger partial charge in [-0.2, -0.15) is 0 Å². The molecule has 0 aliphatic carbocycles. The number of aliphatic carboxylic acids is 1. The second-order valence-corrected chi connectivity index (χ2v) is 12.3. The topological polar surface area (TPSA) is 115 Å². The number of halogens is 1. The molecule has 0 radical (unpaired) electrons. The van der Waals surface area contributed by atoms with E-state index < -0.39 is 24.6 Å². The molecule has 4 aromatic rings. The standard InChI is InChI=1S/C37H44FN3O5/c1-24(2)41-32(18-17-30(42)20-31(43)21-33(44)45)34(28-13-15-29(38)16-14-28)35(27-11-6-5-7-12-27)36(41)37(46)39-22-25-9-8-10-26(19-25)23-40(3)4/h5-16,19,24,30-31,42-43H,17-18,20-23H2,1-4H3,(H,39,46)(H,44,45)/t30-,31-/m1/s1. The first-order valence-electron chi connectivity index (χ1n) is 15.6. The summed E-state index contributed by atoms with van der Waals surface area (Å²) >= 11 is 0. The molecule has 0 saturated carbocycles. The van der Waals surface area contributed by atoms with Gasteiger partial charge in [0.25, 0.3) is 5.91 Å². The van der Waals surface area contributed by atoms with E-state index in [4.69, 9.17) is 5.11 Å². The smallest absolute Gasteiger partial charge is 0.305 e. The molecule has 4 rings (SSSR count). The van der Waals surface area contributed by atoms with E-state index in [0.29, 0.717) is 24.2 Å². The lowest BCUT2D eigenvalue weighted by Gasteiger charge is -2.20. The van der Waals surface area contributed by atoms with Gasteiger partial charge in [-0.15, -0.1) is 0 Å². The van der Waals surface area contributed by atoms with Gasteiger partial charge in [0.2, 0.25) is 0 Å². The summed E-state index contributed by atoms with van der Waals surface area (Å²) in [5.41, 5.74) is 6.36. The fourth-order valence-electron chi connectivity index (χ4n) is 5.98. The molecule has 46 heavy (non-hydrogen) atoms. The molecule has 1 aromatic heterocycles. The van der Waals surface area contributed by atoms with E-state index in [1.165, 1.54) is 12.1 Å². The van der Waals surface area contributed by atoms with Gasteiger partial charge >= 0.3 is 5.97 Å². The van der Waals surface area contributed by atoms with Crippen LogP contribution >= 0.6 is 0 Å². The van der Waals surface area contributed by atoms with E-state index in [-0.39, 0.29) is 30.6 Å². The number of carboxylic acids is 1. The van der Waals surface area contributed by atoms with Crippen molar-refractivity contribution in [2.24, 2.45) is 0 Å². The van der Waals surface area contributed by atoms with Crippen molar-refractivity contribution in [3.63, 3.8) is 0 Å². The van der Waals surface area contributed by atoms with Crippen LogP contribution in [0.3, 0.4) is 0 Å². The molecular formula is C37H44FN3O5. The zero-order valence-corrected chi connectivity index (χ0v) is 26.9. The van der Waals surface area contributed by atoms with Crippen LogP contribution in [0.5, 0.6) is 0 Å². The van der Waals surface area contributed by atoms with Crippen molar-refractivity contribution >= 4 is 11.9 Å². The summed E-state index contributed by atoms with van der Waals surface area (Å²) in [6, 6.07) is 23.7. The van der Waals surface area contributed by atoms with Crippen molar-refractivity contribution in [2.75, 3.05) is 14.1 Å². The first kappa shape index (κ1) is 34.6. The van der Waals surface area contributed by atoms with Crippen molar-refractivity contribution in [2.45, 2.75) is 70.9 Å². The molecule has 0 saturated heterocycles. The number of aliphatic hydroxyl groups excluding tert-OH is 2. The van der Waals surface area contributed by atoms with Crippen LogP contribution in [-0.4, -0.2) is 63.0 Å². The van der Waals surface area contributed by atoms with Gasteiger partial charge in [0.05, 0.1) is 18.6 Å². The van der Waals surface area contributed by atoms with Gasteiger partial charge in [0, 0.05) is 36.0 Å². The van der Waals surface area contributed by atoms with Gasteiger partial charge in [-0.05, 0) is 81.6 Å². The van der Waals surface area contributed by atoms with Crippen molar-refractivity contribution in [3.05, 3.63) is 107 Å². The Morgan fingerprint density at radius 1 is 0.870 bits per heavy atom. The van der Waals surface area contributed by atoms with Crippen molar-refractivity contribution in [3.8, 4) is 22.3 Å². The highest BCUT2D eigenvalue weighted by atomic mass is 19.1. The second kappa shape index (κ2) is 15.8. The molecule has 0 fully saturated rings. The van der Waals surface area contributed by atoms with Gasteiger partial charge in [0.1, 0.15) is 11.5 Å². The normalized spacial score (nSPS) is 12.8. The van der Waals surface area contributed by atoms with Gasteiger partial charge in [-0.25, -0.2) is 4.39 Å². The first-order valence-corrected chi connectivity index (χ1v) is 15.6. The average Bonchev–Trinajstić information content (AvgIpc) is 3.34. The maximum Gasteiger partial charge on any atom is 0.305 e. The van der Waals surface area contributed by atoms with E-state index in [1.807, 2.05) is 75.0 Å². The minimum absolute atomic E-state index is 0.0909. The van der Waals surface area contributed by atoms with Crippen LogP contribution in [0.25, 0.3) is 22.3 Å². The molecule has 0 unspecified atom stereocenters. The molecule has 1 heterocycles. The molecule has 0 aliphatic rings. The zero-order chi connectivity index (χ0) is 33.4. The third kappa shape index (κ3) is 8.90. The lowest BCUT2D eigenvalue weighted by atomic mass is 9.92. The number of amides is 1. The summed E-state index contributed by atoms with van der Waals surface area (Å²) in [6.07, 6.45) is -2.16. The minimum Gasteiger partial charge on any atom is -0.481 e. The summed E-state index contributed by atoms with van der Waals surface area (Å²) in [5, 5.41) is 33.1. The van der Waals surface area contributed by atoms with Crippen LogP contribution in [0, 0.1) is 5.82 Å². The number of hydrogen-bond acceptors (Lipinski definition) is 5. The number of nitrogens with zero attached hydrogens (tertiary/aromatic N) is 2. The number of carbonyl (C=O) groups is 2. The SMILES string of the molecule is CC(C)n1c(CC[C@@H](O)C[C@@H](O)CC(=O)O)c(-c2ccc(F)cc2)c(-c2ccccc2)c1C(=O)NCc1cccc(CN(C)C)c1. The van der Waals surface area contributed by atoms with Crippen LogP contribution < -0.4 is 5.32 Å². The van der Waals surface area contributed by atoms with Gasteiger partial charge in [0.15, 0.2) is 0 Å². The van der Waals surface area contributed by atoms with E-state index in [0.717, 1.165) is 40.1 Å². The zero-order valence-electron chi connectivity index (χ0n) is 26.9. The van der Waals surface area contributed by atoms with Crippen molar-refractivity contribution < 1.29 is 29.3 Å². The van der Waals surface area contributed by atoms with Gasteiger partial charge in [-0.1, -0.05) is 66.7 Å². The molecule has 0 bridgehead atoms. The van der Waals surface area contributed by atoms with Crippen LogP contribution in [0.4, 0.5) is 4.39 Å². The Morgan fingerprint density at radius 3 is 2.15 bits per heavy atom. The summed E-state index contributed by atoms with van der Waals surface area (Å²) in [4.78, 5) is 27.4. The molecule has 3 aromatic carbocycles. The number of hydrogen-bond donors (Lipinski definition) is 4. The monoisotopic (exact) mass is 629 g/mol. The third-order valence-corrected chi connectivity index (χ3v) is 7.85. The number of carbonyl (C=O) groups excluding carboxylic acids is 1. The Labute approximate surface area is 270 Å². The van der Waals surface area contributed by atoms with E-state index in [2.05, 4.69) is 22.3 Å². The number of aliphatic hydroxyl groups is 2. The van der Waals surface area contributed by atoms with Gasteiger partial charge < -0.3 is 30.1 Å². The average molecular weight is 630 g/mol. The fraction of sp³-hybridized carbons (Fsp3) is 0.351. The molecule has 4 N–H and O–H groups in total. The summed E-state index contributed by atoms with van der Waals surface area (Å²) in [5.74, 6) is -1.79. The Bertz CT molecular complexity index is 1620. The largest absolute Gasteiger partial charge is 0.481 e. The van der Waals surface area contributed by atoms with Crippen LogP contribution in [0.2, 0.25) is 0 Å². The van der Waals surface area contributed by atoms with E-state index in [1.54, 1.807) is 12.1 Å². The number of carboxylic acid groups (broad SMARTS) is 1. The fourth-order valence-corrected chi connectivity index (χ4v) is 5.98. The summed E-state index contributed by atoms with van der Waals surface area (Å²) < 4.78 is 16.1. The molecule has 2 atom stereocenters. The van der Waals surface area contributed by atoms with Crippen LogP contribution in [0.1, 0.15) is 66.5 Å². The molecule has 9 heteroatoms. The molecule has 1 amide bonds. The first-order chi connectivity index (χ1) is 21.9. The minimum atomic E-state index is -1.18. The predicted molar refractivity (Wildman–Crippen MR) is 178 cm³/mol. The Kier molecular flexibility index (Phi) is 11.9. The lowest BCUT2D eigenvalue weighted by Crippen LogP contribution is -2.27. The van der Waals surface area contributed by atoms with Crippen LogP contribution in [-0.2, 0) is 24.3 Å². The quantitative estimate of drug-likeness (QED) is 0.127. The highest BCUT2D eigenvalue weighted by Gasteiger charge is 2.30. The predicted octanol–water partition coefficient (Wildman–Crippen LogP) is 6.05. The van der Waals surface area contributed by atoms with Crippen LogP contribution in [0.15, 0.2) is 78.9 Å². The number of rotatable bonds is 15. The maximum absolute atomic E-state index is 14.3. The molecule has 244 valence electrons. The Balaban J connectivity index is 1.82. The highest BCUT2D eigenvalue weighted by Crippen LogP contribution is 2.42. The number of nitrogens with one attached hydrogen (secondary N) is 1. The Hall–Kier alpha value is -4.31. The molecule has 0 spiro atoms. The second-order valence-electron chi connectivity index (χ2n) is 12.3. The summed E-state index contributed by atoms with van der Waals surface area (Å²) in [7, 11) is 4.01. The van der Waals surface area contributed by atoms with E-state index >= 15 is 0 Å². The third-order valence-electron chi connectivity index (χ3n) is 7.85. The lowest BCUT2D eigenvalue weighted by molar-refractivity contribution is -0.139. The molecule has 0 aliphatic heterocycles. The van der Waals surface area contributed by atoms with Crippen molar-refractivity contribution in [1.82, 2.24) is 14.8 Å². The maximum atomic E-state index is 14.3.